The van der Waals surface area contributed by atoms with Crippen LogP contribution in [0.15, 0.2) is 44.6 Å². The first-order valence-electron chi connectivity index (χ1n) is 8.49. The topological polar surface area (TPSA) is 78.9 Å². The summed E-state index contributed by atoms with van der Waals surface area (Å²) < 4.78 is 3.65. The van der Waals surface area contributed by atoms with Crippen LogP contribution in [0.1, 0.15) is 24.3 Å². The number of rotatable bonds is 6. The maximum atomic E-state index is 6.31. The Kier molecular flexibility index (Phi) is 4.91. The molecule has 6 nitrogen and oxygen atoms in total. The van der Waals surface area contributed by atoms with Crippen molar-refractivity contribution in [2.24, 2.45) is 15.7 Å². The minimum Gasteiger partial charge on any atom is -0.398 e. The number of nitrogens with two attached hydrogens (primary N) is 1. The summed E-state index contributed by atoms with van der Waals surface area (Å²) in [6, 6.07) is 0.409. The van der Waals surface area contributed by atoms with E-state index in [4.69, 9.17) is 10.7 Å². The molecule has 0 radical (unpaired) electrons. The van der Waals surface area contributed by atoms with Gasteiger partial charge in [0.05, 0.1) is 6.54 Å². The highest BCUT2D eigenvalue weighted by Gasteiger charge is 2.36. The fourth-order valence-electron chi connectivity index (χ4n) is 3.06. The Bertz CT molecular complexity index is 745. The zero-order valence-corrected chi connectivity index (χ0v) is 15.8. The van der Waals surface area contributed by atoms with Crippen molar-refractivity contribution >= 4 is 35.3 Å². The van der Waals surface area contributed by atoms with Crippen molar-refractivity contribution in [1.82, 2.24) is 14.6 Å². The molecule has 0 spiro atoms. The van der Waals surface area contributed by atoms with Gasteiger partial charge in [-0.25, -0.2) is 4.98 Å². The van der Waals surface area contributed by atoms with E-state index in [1.807, 2.05) is 29.6 Å². The van der Waals surface area contributed by atoms with E-state index in [-0.39, 0.29) is 0 Å². The fraction of sp³-hybridized carbons (Fsp3) is 0.471. The van der Waals surface area contributed by atoms with E-state index in [0.29, 0.717) is 12.6 Å². The normalized spacial score (nSPS) is 24.2. The number of thiazole rings is 1. The summed E-state index contributed by atoms with van der Waals surface area (Å²) in [4.78, 5) is 15.6. The fourth-order valence-corrected chi connectivity index (χ4v) is 4.62. The number of aliphatic imine (C=N–C) groups is 2. The molecule has 4 rings (SSSR count). The van der Waals surface area contributed by atoms with Crippen molar-refractivity contribution in [2.45, 2.75) is 30.6 Å². The van der Waals surface area contributed by atoms with Crippen molar-refractivity contribution in [2.75, 3.05) is 20.1 Å². The molecular weight excluding hydrogens is 352 g/mol. The summed E-state index contributed by atoms with van der Waals surface area (Å²) in [6.45, 7) is 1.51. The highest BCUT2D eigenvalue weighted by atomic mass is 32.2. The average molecular weight is 375 g/mol. The maximum absolute atomic E-state index is 6.31. The highest BCUT2D eigenvalue weighted by Crippen LogP contribution is 2.36. The third kappa shape index (κ3) is 3.65. The van der Waals surface area contributed by atoms with Crippen LogP contribution in [-0.4, -0.2) is 53.4 Å². The van der Waals surface area contributed by atoms with Crippen LogP contribution in [0, 0.1) is 0 Å². The number of amidine groups is 1. The summed E-state index contributed by atoms with van der Waals surface area (Å²) in [5, 5.41) is 3.77. The number of fused-ring (bicyclic) bond motifs is 1. The highest BCUT2D eigenvalue weighted by molar-refractivity contribution is 7.98. The van der Waals surface area contributed by atoms with E-state index in [0.717, 1.165) is 40.3 Å². The molecule has 2 fully saturated rings. The quantitative estimate of drug-likeness (QED) is 0.589. The Morgan fingerprint density at radius 1 is 1.52 bits per heavy atom. The van der Waals surface area contributed by atoms with Gasteiger partial charge < -0.3 is 10.6 Å². The summed E-state index contributed by atoms with van der Waals surface area (Å²) in [5.74, 6) is 0.978. The minimum absolute atomic E-state index is 0.409. The van der Waals surface area contributed by atoms with Crippen LogP contribution in [-0.2, 0) is 0 Å². The molecule has 1 atom stereocenters. The summed E-state index contributed by atoms with van der Waals surface area (Å²) in [5.41, 5.74) is 9.45. The van der Waals surface area contributed by atoms with Gasteiger partial charge >= 0.3 is 0 Å². The molecule has 1 saturated heterocycles. The first-order valence-corrected chi connectivity index (χ1v) is 10.3. The van der Waals surface area contributed by atoms with Crippen LogP contribution in [0.4, 0.5) is 0 Å². The van der Waals surface area contributed by atoms with Crippen LogP contribution in [0.2, 0.25) is 0 Å². The lowest BCUT2D eigenvalue weighted by Crippen LogP contribution is -2.35. The third-order valence-corrected chi connectivity index (χ3v) is 6.50. The molecule has 3 N–H and O–H groups in total. The monoisotopic (exact) mass is 374 g/mol. The molecule has 1 aliphatic carbocycles. The summed E-state index contributed by atoms with van der Waals surface area (Å²) >= 11 is 3.52. The molecule has 0 amide bonds. The van der Waals surface area contributed by atoms with E-state index in [1.165, 1.54) is 18.5 Å². The van der Waals surface area contributed by atoms with Gasteiger partial charge in [-0.2, -0.15) is 0 Å². The van der Waals surface area contributed by atoms with Gasteiger partial charge in [-0.15, -0.1) is 11.3 Å². The van der Waals surface area contributed by atoms with Crippen LogP contribution in [0.3, 0.4) is 0 Å². The second-order valence-electron chi connectivity index (χ2n) is 6.38. The molecule has 8 heteroatoms. The zero-order chi connectivity index (χ0) is 17.2. The zero-order valence-electron chi connectivity index (χ0n) is 14.2. The molecule has 3 aliphatic rings. The molecule has 1 aromatic heterocycles. The third-order valence-electron chi connectivity index (χ3n) is 4.46. The lowest BCUT2D eigenvalue weighted by molar-refractivity contribution is 0.538. The van der Waals surface area contributed by atoms with Gasteiger partial charge in [-0.1, -0.05) is 11.9 Å². The number of hydrogen-bond acceptors (Lipinski definition) is 8. The number of allylic oxidation sites excluding steroid dienone is 1. The summed E-state index contributed by atoms with van der Waals surface area (Å²) in [7, 11) is 1.75. The minimum atomic E-state index is 0.409. The van der Waals surface area contributed by atoms with Crippen molar-refractivity contribution in [3.63, 3.8) is 0 Å². The molecule has 1 aromatic rings. The lowest BCUT2D eigenvalue weighted by atomic mass is 10.1. The van der Waals surface area contributed by atoms with Crippen molar-refractivity contribution in [3.05, 3.63) is 39.6 Å². The van der Waals surface area contributed by atoms with Gasteiger partial charge in [0.1, 0.15) is 0 Å². The molecule has 0 bridgehead atoms. The predicted octanol–water partition coefficient (Wildman–Crippen LogP) is 2.18. The van der Waals surface area contributed by atoms with Crippen LogP contribution < -0.4 is 10.5 Å². The maximum Gasteiger partial charge on any atom is 0.165 e. The molecular formula is C17H22N6S2. The van der Waals surface area contributed by atoms with Gasteiger partial charge in [-0.3, -0.25) is 14.7 Å². The Morgan fingerprint density at radius 2 is 2.40 bits per heavy atom. The largest absolute Gasteiger partial charge is 0.398 e. The average Bonchev–Trinajstić information content (AvgIpc) is 3.11. The lowest BCUT2D eigenvalue weighted by Gasteiger charge is -2.27. The number of nitrogens with one attached hydrogen (secondary N) is 1. The number of hydrogen-bond donors (Lipinski definition) is 2. The van der Waals surface area contributed by atoms with E-state index in [1.54, 1.807) is 24.6 Å². The second-order valence-corrected chi connectivity index (χ2v) is 8.41. The van der Waals surface area contributed by atoms with Gasteiger partial charge in [0.15, 0.2) is 10.8 Å². The molecule has 25 heavy (non-hydrogen) atoms. The summed E-state index contributed by atoms with van der Waals surface area (Å²) in [6.07, 6.45) is 9.07. The second kappa shape index (κ2) is 7.31. The van der Waals surface area contributed by atoms with Crippen LogP contribution >= 0.6 is 23.3 Å². The number of aromatic nitrogens is 1. The van der Waals surface area contributed by atoms with Crippen LogP contribution in [0.25, 0.3) is 0 Å². The molecule has 132 valence electrons. The number of nitrogens with zero attached hydrogens (tertiary/aromatic N) is 4. The molecule has 1 saturated carbocycles. The Balaban J connectivity index is 1.60. The van der Waals surface area contributed by atoms with Gasteiger partial charge in [0.25, 0.3) is 0 Å². The van der Waals surface area contributed by atoms with E-state index < -0.39 is 0 Å². The smallest absolute Gasteiger partial charge is 0.165 e. The Morgan fingerprint density at radius 3 is 3.12 bits per heavy atom. The SMILES string of the molecule is CN=CC=C(N)C1=C2CC(NSC3CC3)CN2C(c2nccs2)=NC1. The van der Waals surface area contributed by atoms with Gasteiger partial charge in [-0.05, 0) is 18.9 Å². The first-order chi connectivity index (χ1) is 12.3. The Hall–Kier alpha value is -1.64. The van der Waals surface area contributed by atoms with Crippen molar-refractivity contribution < 1.29 is 0 Å². The van der Waals surface area contributed by atoms with Crippen molar-refractivity contribution in [3.8, 4) is 0 Å². The predicted molar refractivity (Wildman–Crippen MR) is 106 cm³/mol. The molecule has 0 aromatic carbocycles. The van der Waals surface area contributed by atoms with Crippen molar-refractivity contribution in [1.29, 1.82) is 0 Å². The first kappa shape index (κ1) is 16.8. The van der Waals surface area contributed by atoms with Crippen LogP contribution in [0.5, 0.6) is 0 Å². The van der Waals surface area contributed by atoms with E-state index in [9.17, 15) is 0 Å². The van der Waals surface area contributed by atoms with E-state index >= 15 is 0 Å². The molecule has 1 unspecified atom stereocenters. The molecule has 3 heterocycles. The standard InChI is InChI=1S/C17H22N6S2/c1-19-5-4-14(18)13-9-21-16(17-20-6-7-24-17)23-10-11(8-15(13)23)22-25-12-2-3-12/h4-7,11-12,22H,2-3,8-10,18H2,1H3. The van der Waals surface area contributed by atoms with Gasteiger partial charge in [0.2, 0.25) is 0 Å². The Labute approximate surface area is 156 Å². The van der Waals surface area contributed by atoms with Gasteiger partial charge in [0, 0.05) is 66.1 Å². The van der Waals surface area contributed by atoms with E-state index in [2.05, 4.69) is 19.6 Å². The molecule has 2 aliphatic heterocycles.